The molecule has 1 aromatic rings. The highest BCUT2D eigenvalue weighted by Crippen LogP contribution is 2.23. The van der Waals surface area contributed by atoms with Crippen molar-refractivity contribution in [3.63, 3.8) is 0 Å². The molecule has 0 aliphatic rings. The van der Waals surface area contributed by atoms with E-state index < -0.39 is 0 Å². The second-order valence-corrected chi connectivity index (χ2v) is 4.85. The van der Waals surface area contributed by atoms with E-state index in [1.54, 1.807) is 0 Å². The molecule has 0 bridgehead atoms. The van der Waals surface area contributed by atoms with Crippen molar-refractivity contribution < 1.29 is 4.74 Å². The molecule has 0 aliphatic heterocycles. The van der Waals surface area contributed by atoms with Crippen molar-refractivity contribution in [2.24, 2.45) is 5.92 Å². The summed E-state index contributed by atoms with van der Waals surface area (Å²) >= 11 is 8.14. The minimum absolute atomic E-state index is 0.540. The molecule has 13 heavy (non-hydrogen) atoms. The molecule has 0 fully saturated rings. The van der Waals surface area contributed by atoms with Crippen molar-refractivity contribution in [2.75, 3.05) is 6.61 Å². The predicted octanol–water partition coefficient (Wildman–Crippen LogP) is 3.98. The third-order valence-corrected chi connectivity index (χ3v) is 3.05. The Hall–Kier alpha value is 0.0400. The molecule has 0 saturated carbocycles. The van der Waals surface area contributed by atoms with E-state index in [-0.39, 0.29) is 0 Å². The Bertz CT molecular complexity index is 286. The number of ether oxygens (including phenoxy) is 1. The standard InChI is InChI=1S/C10H12ClIO/c1-7(2)6-13-8-3-4-10(12)9(11)5-8/h3-5,7H,6H2,1-2H3. The Labute approximate surface area is 97.6 Å². The summed E-state index contributed by atoms with van der Waals surface area (Å²) < 4.78 is 6.57. The van der Waals surface area contributed by atoms with Gasteiger partial charge in [-0.3, -0.25) is 0 Å². The summed E-state index contributed by atoms with van der Waals surface area (Å²) in [4.78, 5) is 0. The molecule has 3 heteroatoms. The van der Waals surface area contributed by atoms with Crippen LogP contribution in [0.15, 0.2) is 18.2 Å². The first kappa shape index (κ1) is 11.1. The van der Waals surface area contributed by atoms with Crippen LogP contribution >= 0.6 is 34.2 Å². The van der Waals surface area contributed by atoms with Crippen LogP contribution in [0.25, 0.3) is 0 Å². The van der Waals surface area contributed by atoms with Crippen LogP contribution in [0.3, 0.4) is 0 Å². The molecule has 0 spiro atoms. The summed E-state index contributed by atoms with van der Waals surface area (Å²) in [5, 5.41) is 0.752. The highest BCUT2D eigenvalue weighted by Gasteiger charge is 2.00. The molecule has 1 nitrogen and oxygen atoms in total. The average molecular weight is 311 g/mol. The molecule has 0 heterocycles. The number of halogens is 2. The van der Waals surface area contributed by atoms with Gasteiger partial charge < -0.3 is 4.74 Å². The minimum Gasteiger partial charge on any atom is -0.493 e. The highest BCUT2D eigenvalue weighted by molar-refractivity contribution is 14.1. The molecular formula is C10H12ClIO. The normalized spacial score (nSPS) is 10.5. The second-order valence-electron chi connectivity index (χ2n) is 3.28. The number of rotatable bonds is 3. The van der Waals surface area contributed by atoms with Crippen molar-refractivity contribution in [1.29, 1.82) is 0 Å². The van der Waals surface area contributed by atoms with Gasteiger partial charge in [0.05, 0.1) is 11.6 Å². The van der Waals surface area contributed by atoms with Gasteiger partial charge in [0.25, 0.3) is 0 Å². The lowest BCUT2D eigenvalue weighted by atomic mass is 10.2. The molecule has 0 radical (unpaired) electrons. The van der Waals surface area contributed by atoms with Crippen LogP contribution < -0.4 is 4.74 Å². The Morgan fingerprint density at radius 1 is 1.46 bits per heavy atom. The first-order valence-corrected chi connectivity index (χ1v) is 5.63. The predicted molar refractivity (Wildman–Crippen MR) is 64.5 cm³/mol. The van der Waals surface area contributed by atoms with Crippen molar-refractivity contribution in [2.45, 2.75) is 13.8 Å². The fourth-order valence-electron chi connectivity index (χ4n) is 0.830. The van der Waals surface area contributed by atoms with Gasteiger partial charge in [-0.2, -0.15) is 0 Å². The van der Waals surface area contributed by atoms with Gasteiger partial charge in [-0.15, -0.1) is 0 Å². The fraction of sp³-hybridized carbons (Fsp3) is 0.400. The topological polar surface area (TPSA) is 9.23 Å². The maximum absolute atomic E-state index is 5.94. The van der Waals surface area contributed by atoms with Gasteiger partial charge in [0.2, 0.25) is 0 Å². The summed E-state index contributed by atoms with van der Waals surface area (Å²) in [6, 6.07) is 5.75. The summed E-state index contributed by atoms with van der Waals surface area (Å²) in [7, 11) is 0. The van der Waals surface area contributed by atoms with Gasteiger partial charge in [0.15, 0.2) is 0 Å². The van der Waals surface area contributed by atoms with Gasteiger partial charge in [-0.25, -0.2) is 0 Å². The van der Waals surface area contributed by atoms with E-state index in [1.165, 1.54) is 0 Å². The Kier molecular flexibility index (Phi) is 4.32. The van der Waals surface area contributed by atoms with E-state index in [0.717, 1.165) is 20.9 Å². The maximum Gasteiger partial charge on any atom is 0.120 e. The zero-order valence-electron chi connectivity index (χ0n) is 7.68. The summed E-state index contributed by atoms with van der Waals surface area (Å²) in [5.41, 5.74) is 0. The molecule has 1 aromatic carbocycles. The average Bonchev–Trinajstić information content (AvgIpc) is 2.07. The molecule has 0 atom stereocenters. The third-order valence-electron chi connectivity index (χ3n) is 1.47. The zero-order valence-corrected chi connectivity index (χ0v) is 10.6. The molecule has 0 amide bonds. The lowest BCUT2D eigenvalue weighted by molar-refractivity contribution is 0.271. The first-order chi connectivity index (χ1) is 6.09. The lowest BCUT2D eigenvalue weighted by Gasteiger charge is -2.08. The molecular weight excluding hydrogens is 298 g/mol. The lowest BCUT2D eigenvalue weighted by Crippen LogP contribution is -2.04. The van der Waals surface area contributed by atoms with Crippen LogP contribution in [0, 0.1) is 9.49 Å². The van der Waals surface area contributed by atoms with Crippen LogP contribution in [0.1, 0.15) is 13.8 Å². The molecule has 72 valence electrons. The van der Waals surface area contributed by atoms with Gasteiger partial charge in [0.1, 0.15) is 5.75 Å². The second kappa shape index (κ2) is 5.05. The van der Waals surface area contributed by atoms with Gasteiger partial charge in [0, 0.05) is 3.57 Å². The van der Waals surface area contributed by atoms with Crippen LogP contribution in [-0.2, 0) is 0 Å². The van der Waals surface area contributed by atoms with Crippen molar-refractivity contribution >= 4 is 34.2 Å². The van der Waals surface area contributed by atoms with Crippen molar-refractivity contribution in [1.82, 2.24) is 0 Å². The SMILES string of the molecule is CC(C)COc1ccc(I)c(Cl)c1. The van der Waals surface area contributed by atoms with Crippen LogP contribution in [0.2, 0.25) is 5.02 Å². The van der Waals surface area contributed by atoms with Crippen LogP contribution in [0.4, 0.5) is 0 Å². The Balaban J connectivity index is 2.63. The highest BCUT2D eigenvalue weighted by atomic mass is 127. The number of hydrogen-bond donors (Lipinski definition) is 0. The van der Waals surface area contributed by atoms with E-state index >= 15 is 0 Å². The van der Waals surface area contributed by atoms with E-state index in [4.69, 9.17) is 16.3 Å². The van der Waals surface area contributed by atoms with Crippen LogP contribution in [0.5, 0.6) is 5.75 Å². The minimum atomic E-state index is 0.540. The molecule has 0 saturated heterocycles. The number of benzene rings is 1. The Morgan fingerprint density at radius 2 is 2.15 bits per heavy atom. The molecule has 0 aromatic heterocycles. The van der Waals surface area contributed by atoms with E-state index in [2.05, 4.69) is 36.4 Å². The summed E-state index contributed by atoms with van der Waals surface area (Å²) in [6.07, 6.45) is 0. The maximum atomic E-state index is 5.94. The third kappa shape index (κ3) is 3.73. The molecule has 0 aliphatic carbocycles. The van der Waals surface area contributed by atoms with Gasteiger partial charge >= 0.3 is 0 Å². The molecule has 0 N–H and O–H groups in total. The van der Waals surface area contributed by atoms with E-state index in [1.807, 2.05) is 18.2 Å². The summed E-state index contributed by atoms with van der Waals surface area (Å²) in [6.45, 7) is 4.97. The monoisotopic (exact) mass is 310 g/mol. The van der Waals surface area contributed by atoms with Crippen LogP contribution in [-0.4, -0.2) is 6.61 Å². The van der Waals surface area contributed by atoms with Gasteiger partial charge in [-0.1, -0.05) is 25.4 Å². The molecule has 0 unspecified atom stereocenters. The van der Waals surface area contributed by atoms with Gasteiger partial charge in [-0.05, 0) is 46.7 Å². The fourth-order valence-corrected chi connectivity index (χ4v) is 1.34. The largest absolute Gasteiger partial charge is 0.493 e. The first-order valence-electron chi connectivity index (χ1n) is 4.17. The van der Waals surface area contributed by atoms with Crippen molar-refractivity contribution in [3.8, 4) is 5.75 Å². The smallest absolute Gasteiger partial charge is 0.120 e. The van der Waals surface area contributed by atoms with Crippen molar-refractivity contribution in [3.05, 3.63) is 26.8 Å². The van der Waals surface area contributed by atoms with E-state index in [9.17, 15) is 0 Å². The number of hydrogen-bond acceptors (Lipinski definition) is 1. The summed E-state index contributed by atoms with van der Waals surface area (Å²) in [5.74, 6) is 1.39. The quantitative estimate of drug-likeness (QED) is 0.767. The zero-order chi connectivity index (χ0) is 9.84. The van der Waals surface area contributed by atoms with E-state index in [0.29, 0.717) is 5.92 Å². The molecule has 1 rings (SSSR count). The Morgan fingerprint density at radius 3 is 2.69 bits per heavy atom.